The highest BCUT2D eigenvalue weighted by Gasteiger charge is 2.30. The molecule has 1 atom stereocenters. The van der Waals surface area contributed by atoms with E-state index in [4.69, 9.17) is 10.5 Å². The van der Waals surface area contributed by atoms with Crippen LogP contribution in [0.3, 0.4) is 0 Å². The van der Waals surface area contributed by atoms with Crippen molar-refractivity contribution in [3.63, 3.8) is 0 Å². The molecule has 2 amide bonds. The molecule has 0 aromatic heterocycles. The average molecular weight is 362 g/mol. The number of nitrogens with two attached hydrogens (primary N) is 1. The number of benzene rings is 1. The molecule has 1 aliphatic heterocycles. The third-order valence-electron chi connectivity index (χ3n) is 4.22. The number of amides is 2. The highest BCUT2D eigenvalue weighted by Crippen LogP contribution is 2.14. The minimum atomic E-state index is -0.857. The third-order valence-corrected chi connectivity index (χ3v) is 4.22. The Kier molecular flexibility index (Phi) is 6.47. The van der Waals surface area contributed by atoms with Crippen molar-refractivity contribution in [2.24, 2.45) is 0 Å². The highest BCUT2D eigenvalue weighted by atomic mass is 16.6. The van der Waals surface area contributed by atoms with Crippen LogP contribution in [-0.4, -0.2) is 66.7 Å². The van der Waals surface area contributed by atoms with E-state index in [1.165, 1.54) is 0 Å². The summed E-state index contributed by atoms with van der Waals surface area (Å²) in [7, 11) is 2.03. The van der Waals surface area contributed by atoms with Crippen molar-refractivity contribution in [3.05, 3.63) is 29.8 Å². The van der Waals surface area contributed by atoms with Gasteiger partial charge in [0.05, 0.1) is 0 Å². The van der Waals surface area contributed by atoms with Gasteiger partial charge in [0.2, 0.25) is 0 Å². The SMILES string of the molecule is CN1CCN(C(=O)[C@@H](Cc2ccc(N)cc2)OC(=O)NC(C)(C)C)CC1. The first-order valence-electron chi connectivity index (χ1n) is 8.94. The Hall–Kier alpha value is -2.28. The van der Waals surface area contributed by atoms with Gasteiger partial charge in [-0.15, -0.1) is 0 Å². The maximum absolute atomic E-state index is 13.0. The molecule has 0 spiro atoms. The van der Waals surface area contributed by atoms with Gasteiger partial charge in [0.1, 0.15) is 0 Å². The monoisotopic (exact) mass is 362 g/mol. The van der Waals surface area contributed by atoms with E-state index in [9.17, 15) is 9.59 Å². The second-order valence-electron chi connectivity index (χ2n) is 7.84. The number of hydrogen-bond acceptors (Lipinski definition) is 5. The van der Waals surface area contributed by atoms with E-state index >= 15 is 0 Å². The van der Waals surface area contributed by atoms with Gasteiger partial charge in [-0.3, -0.25) is 4.79 Å². The summed E-state index contributed by atoms with van der Waals surface area (Å²) in [5, 5.41) is 2.75. The van der Waals surface area contributed by atoms with E-state index in [-0.39, 0.29) is 5.91 Å². The van der Waals surface area contributed by atoms with Gasteiger partial charge in [0.15, 0.2) is 6.10 Å². The Morgan fingerprint density at radius 2 is 1.73 bits per heavy atom. The first-order chi connectivity index (χ1) is 12.1. The van der Waals surface area contributed by atoms with Crippen molar-refractivity contribution < 1.29 is 14.3 Å². The summed E-state index contributed by atoms with van der Waals surface area (Å²) in [5.74, 6) is -0.154. The fourth-order valence-electron chi connectivity index (χ4n) is 2.74. The standard InChI is InChI=1S/C19H30N4O3/c1-19(2,3)21-18(25)26-16(13-14-5-7-15(20)8-6-14)17(24)23-11-9-22(4)10-12-23/h5-8,16H,9-13,20H2,1-4H3,(H,21,25)/t16-/m1/s1. The number of hydrogen-bond donors (Lipinski definition) is 2. The molecule has 1 heterocycles. The summed E-state index contributed by atoms with van der Waals surface area (Å²) < 4.78 is 5.52. The second kappa shape index (κ2) is 8.40. The molecule has 0 saturated carbocycles. The lowest BCUT2D eigenvalue weighted by molar-refractivity contribution is -0.142. The lowest BCUT2D eigenvalue weighted by Crippen LogP contribution is -2.52. The minimum absolute atomic E-state index is 0.154. The molecule has 1 saturated heterocycles. The van der Waals surface area contributed by atoms with Gasteiger partial charge >= 0.3 is 6.09 Å². The Balaban J connectivity index is 2.10. The number of rotatable bonds is 4. The summed E-state index contributed by atoms with van der Waals surface area (Å²) in [4.78, 5) is 29.1. The highest BCUT2D eigenvalue weighted by molar-refractivity contribution is 5.84. The van der Waals surface area contributed by atoms with Gasteiger partial charge in [-0.1, -0.05) is 12.1 Å². The Bertz CT molecular complexity index is 617. The van der Waals surface area contributed by atoms with E-state index in [1.54, 1.807) is 17.0 Å². The number of alkyl carbamates (subject to hydrolysis) is 1. The van der Waals surface area contributed by atoms with Crippen molar-refractivity contribution in [1.82, 2.24) is 15.1 Å². The van der Waals surface area contributed by atoms with E-state index in [1.807, 2.05) is 40.0 Å². The Labute approximate surface area is 155 Å². The number of nitrogens with one attached hydrogen (secondary N) is 1. The topological polar surface area (TPSA) is 87.9 Å². The normalized spacial score (nSPS) is 16.8. The van der Waals surface area contributed by atoms with Crippen LogP contribution in [0.1, 0.15) is 26.3 Å². The lowest BCUT2D eigenvalue weighted by atomic mass is 10.1. The van der Waals surface area contributed by atoms with E-state index in [0.717, 1.165) is 18.7 Å². The van der Waals surface area contributed by atoms with Crippen LogP contribution < -0.4 is 11.1 Å². The van der Waals surface area contributed by atoms with Gasteiger partial charge in [0, 0.05) is 43.8 Å². The average Bonchev–Trinajstić information content (AvgIpc) is 2.54. The van der Waals surface area contributed by atoms with Crippen molar-refractivity contribution in [3.8, 4) is 0 Å². The number of piperazine rings is 1. The molecule has 1 aliphatic rings. The molecule has 1 aromatic rings. The molecule has 0 bridgehead atoms. The van der Waals surface area contributed by atoms with Gasteiger partial charge in [-0.2, -0.15) is 0 Å². The van der Waals surface area contributed by atoms with E-state index in [2.05, 4.69) is 10.2 Å². The zero-order valence-electron chi connectivity index (χ0n) is 16.1. The number of carbonyl (C=O) groups is 2. The lowest BCUT2D eigenvalue weighted by Gasteiger charge is -2.34. The minimum Gasteiger partial charge on any atom is -0.436 e. The van der Waals surface area contributed by atoms with Crippen molar-refractivity contribution in [1.29, 1.82) is 0 Å². The first kappa shape index (κ1) is 20.0. The maximum atomic E-state index is 13.0. The number of anilines is 1. The Morgan fingerprint density at radius 1 is 1.15 bits per heavy atom. The van der Waals surface area contributed by atoms with Gasteiger partial charge < -0.3 is 25.6 Å². The van der Waals surface area contributed by atoms with Gasteiger partial charge in [-0.05, 0) is 45.5 Å². The molecular weight excluding hydrogens is 332 g/mol. The van der Waals surface area contributed by atoms with E-state index < -0.39 is 17.7 Å². The Morgan fingerprint density at radius 3 is 2.27 bits per heavy atom. The molecule has 1 aromatic carbocycles. The van der Waals surface area contributed by atoms with Crippen LogP contribution in [0.25, 0.3) is 0 Å². The second-order valence-corrected chi connectivity index (χ2v) is 7.84. The molecule has 3 N–H and O–H groups in total. The molecule has 144 valence electrons. The summed E-state index contributed by atoms with van der Waals surface area (Å²) in [6.45, 7) is 8.50. The number of nitrogens with zero attached hydrogens (tertiary/aromatic N) is 2. The molecule has 26 heavy (non-hydrogen) atoms. The number of carbonyl (C=O) groups excluding carboxylic acids is 2. The predicted molar refractivity (Wildman–Crippen MR) is 102 cm³/mol. The molecule has 0 unspecified atom stereocenters. The smallest absolute Gasteiger partial charge is 0.408 e. The van der Waals surface area contributed by atoms with Crippen LogP contribution in [0.5, 0.6) is 0 Å². The molecule has 0 radical (unpaired) electrons. The van der Waals surface area contributed by atoms with Crippen LogP contribution in [-0.2, 0) is 16.0 Å². The zero-order chi connectivity index (χ0) is 19.3. The quantitative estimate of drug-likeness (QED) is 0.792. The summed E-state index contributed by atoms with van der Waals surface area (Å²) in [5.41, 5.74) is 6.84. The first-order valence-corrected chi connectivity index (χ1v) is 8.94. The zero-order valence-corrected chi connectivity index (χ0v) is 16.1. The van der Waals surface area contributed by atoms with Gasteiger partial charge in [0.25, 0.3) is 5.91 Å². The fraction of sp³-hybridized carbons (Fsp3) is 0.579. The molecule has 7 heteroatoms. The molecular formula is C19H30N4O3. The number of nitrogen functional groups attached to an aromatic ring is 1. The largest absolute Gasteiger partial charge is 0.436 e. The van der Waals surface area contributed by atoms with Crippen LogP contribution in [0.15, 0.2) is 24.3 Å². The molecule has 7 nitrogen and oxygen atoms in total. The molecule has 0 aliphatic carbocycles. The van der Waals surface area contributed by atoms with Crippen LogP contribution in [0.4, 0.5) is 10.5 Å². The maximum Gasteiger partial charge on any atom is 0.408 e. The predicted octanol–water partition coefficient (Wildman–Crippen LogP) is 1.48. The third kappa shape index (κ3) is 6.22. The number of likely N-dealkylation sites (N-methyl/N-ethyl adjacent to an activating group) is 1. The molecule has 1 fully saturated rings. The van der Waals surface area contributed by atoms with Crippen molar-refractivity contribution >= 4 is 17.7 Å². The summed E-state index contributed by atoms with van der Waals surface area (Å²) in [6, 6.07) is 7.26. The van der Waals surface area contributed by atoms with Crippen LogP contribution >= 0.6 is 0 Å². The molecule has 2 rings (SSSR count). The van der Waals surface area contributed by atoms with E-state index in [0.29, 0.717) is 25.2 Å². The van der Waals surface area contributed by atoms with Gasteiger partial charge in [-0.25, -0.2) is 4.79 Å². The number of ether oxygens (including phenoxy) is 1. The van der Waals surface area contributed by atoms with Crippen molar-refractivity contribution in [2.75, 3.05) is 39.0 Å². The van der Waals surface area contributed by atoms with Crippen molar-refractivity contribution in [2.45, 2.75) is 38.8 Å². The summed E-state index contributed by atoms with van der Waals surface area (Å²) in [6.07, 6.45) is -1.12. The fourth-order valence-corrected chi connectivity index (χ4v) is 2.74. The van der Waals surface area contributed by atoms with Crippen LogP contribution in [0, 0.1) is 0 Å². The summed E-state index contributed by atoms with van der Waals surface area (Å²) >= 11 is 0. The van der Waals surface area contributed by atoms with Crippen LogP contribution in [0.2, 0.25) is 0 Å².